The Balaban J connectivity index is 2.14. The van der Waals surface area contributed by atoms with Crippen LogP contribution in [0.5, 0.6) is 0 Å². The molecule has 110 valence electrons. The van der Waals surface area contributed by atoms with E-state index in [1.165, 1.54) is 10.9 Å². The molecular weight excluding hydrogens is 272 g/mol. The van der Waals surface area contributed by atoms with Crippen LogP contribution in [-0.2, 0) is 16.6 Å². The third-order valence-electron chi connectivity index (χ3n) is 3.03. The van der Waals surface area contributed by atoms with Crippen LogP contribution in [-0.4, -0.2) is 26.8 Å². The van der Waals surface area contributed by atoms with E-state index in [4.69, 9.17) is 5.73 Å². The summed E-state index contributed by atoms with van der Waals surface area (Å²) in [5.41, 5.74) is 6.82. The molecule has 1 aromatic carbocycles. The van der Waals surface area contributed by atoms with Crippen LogP contribution in [0.1, 0.15) is 23.2 Å². The molecule has 0 fully saturated rings. The lowest BCUT2D eigenvalue weighted by atomic mass is 10.1. The van der Waals surface area contributed by atoms with Crippen molar-refractivity contribution in [3.8, 4) is 0 Å². The number of benzene rings is 1. The number of aromatic nitrogens is 2. The van der Waals surface area contributed by atoms with Crippen molar-refractivity contribution in [3.05, 3.63) is 53.9 Å². The Bertz CT molecular complexity index is 639. The van der Waals surface area contributed by atoms with Gasteiger partial charge in [-0.3, -0.25) is 9.48 Å². The predicted octanol–water partition coefficient (Wildman–Crippen LogP) is 0.362. The minimum absolute atomic E-state index is 0.483. The van der Waals surface area contributed by atoms with Crippen LogP contribution in [0, 0.1) is 0 Å². The zero-order chi connectivity index (χ0) is 15.4. The molecular formula is C14H16N4O3. The number of aliphatic carboxylic acids is 1. The molecule has 7 heteroatoms. The number of hydrogen-bond donors (Lipinski definition) is 3. The first-order chi connectivity index (χ1) is 9.99. The smallest absolute Gasteiger partial charge is 0.330 e. The second-order valence-electron chi connectivity index (χ2n) is 4.62. The molecule has 0 spiro atoms. The summed E-state index contributed by atoms with van der Waals surface area (Å²) in [6, 6.07) is 6.34. The standard InChI is InChI=1S/C14H16N4O3/c1-18-8-10(7-16-18)11(15)13(19)17-12(14(20)21)9-5-3-2-4-6-9/h2-8,11-12H,15H2,1H3,(H,17,19)(H,20,21)/t11?,12-/m0/s1. The minimum atomic E-state index is -1.15. The van der Waals surface area contributed by atoms with Crippen molar-refractivity contribution in [2.45, 2.75) is 12.1 Å². The molecule has 0 saturated heterocycles. The van der Waals surface area contributed by atoms with Gasteiger partial charge < -0.3 is 16.2 Å². The largest absolute Gasteiger partial charge is 0.479 e. The fraction of sp³-hybridized carbons (Fsp3) is 0.214. The van der Waals surface area contributed by atoms with Gasteiger partial charge in [-0.25, -0.2) is 4.79 Å². The van der Waals surface area contributed by atoms with Crippen LogP contribution in [0.15, 0.2) is 42.7 Å². The topological polar surface area (TPSA) is 110 Å². The van der Waals surface area contributed by atoms with E-state index >= 15 is 0 Å². The molecule has 0 saturated carbocycles. The van der Waals surface area contributed by atoms with Crippen molar-refractivity contribution >= 4 is 11.9 Å². The van der Waals surface area contributed by atoms with Crippen LogP contribution >= 0.6 is 0 Å². The lowest BCUT2D eigenvalue weighted by Gasteiger charge is -2.17. The van der Waals surface area contributed by atoms with E-state index < -0.39 is 24.0 Å². The van der Waals surface area contributed by atoms with Gasteiger partial charge >= 0.3 is 5.97 Å². The van der Waals surface area contributed by atoms with Crippen LogP contribution < -0.4 is 11.1 Å². The second-order valence-corrected chi connectivity index (χ2v) is 4.62. The van der Waals surface area contributed by atoms with E-state index in [0.717, 1.165) is 0 Å². The SMILES string of the molecule is Cn1cc(C(N)C(=O)N[C@H](C(=O)O)c2ccccc2)cn1. The molecule has 0 radical (unpaired) electrons. The molecule has 0 aliphatic heterocycles. The normalized spacial score (nSPS) is 13.4. The third kappa shape index (κ3) is 3.46. The molecule has 2 rings (SSSR count). The molecule has 7 nitrogen and oxygen atoms in total. The molecule has 0 aliphatic rings. The number of amides is 1. The highest BCUT2D eigenvalue weighted by Crippen LogP contribution is 2.15. The summed E-state index contributed by atoms with van der Waals surface area (Å²) >= 11 is 0. The van der Waals surface area contributed by atoms with Gasteiger partial charge in [0.15, 0.2) is 6.04 Å². The highest BCUT2D eigenvalue weighted by Gasteiger charge is 2.25. The third-order valence-corrected chi connectivity index (χ3v) is 3.03. The number of rotatable bonds is 5. The summed E-state index contributed by atoms with van der Waals surface area (Å²) in [5.74, 6) is -1.72. The first kappa shape index (κ1) is 14.7. The van der Waals surface area contributed by atoms with Crippen LogP contribution in [0.25, 0.3) is 0 Å². The molecule has 1 amide bonds. The van der Waals surface area contributed by atoms with Gasteiger partial charge in [-0.05, 0) is 5.56 Å². The van der Waals surface area contributed by atoms with Crippen molar-refractivity contribution in [1.82, 2.24) is 15.1 Å². The van der Waals surface area contributed by atoms with Gasteiger partial charge in [-0.2, -0.15) is 5.10 Å². The maximum atomic E-state index is 12.1. The Morgan fingerprint density at radius 3 is 2.48 bits per heavy atom. The Morgan fingerprint density at radius 2 is 1.95 bits per heavy atom. The van der Waals surface area contributed by atoms with Gasteiger partial charge in [-0.15, -0.1) is 0 Å². The number of carboxylic acid groups (broad SMARTS) is 1. The zero-order valence-electron chi connectivity index (χ0n) is 11.4. The van der Waals surface area contributed by atoms with Gasteiger partial charge in [0, 0.05) is 18.8 Å². The van der Waals surface area contributed by atoms with Gasteiger partial charge in [-0.1, -0.05) is 30.3 Å². The lowest BCUT2D eigenvalue weighted by molar-refractivity contribution is -0.142. The summed E-state index contributed by atoms with van der Waals surface area (Å²) in [7, 11) is 1.71. The van der Waals surface area contributed by atoms with Gasteiger partial charge in [0.1, 0.15) is 6.04 Å². The number of nitrogens with two attached hydrogens (primary N) is 1. The van der Waals surface area contributed by atoms with E-state index in [0.29, 0.717) is 11.1 Å². The van der Waals surface area contributed by atoms with Crippen LogP contribution in [0.4, 0.5) is 0 Å². The summed E-state index contributed by atoms with van der Waals surface area (Å²) in [5, 5.41) is 15.6. The first-order valence-electron chi connectivity index (χ1n) is 6.31. The molecule has 1 aromatic heterocycles. The number of nitrogens with one attached hydrogen (secondary N) is 1. The lowest BCUT2D eigenvalue weighted by Crippen LogP contribution is -2.39. The number of carbonyl (C=O) groups excluding carboxylic acids is 1. The molecule has 2 atom stereocenters. The van der Waals surface area contributed by atoms with Crippen molar-refractivity contribution in [2.24, 2.45) is 12.8 Å². The molecule has 1 heterocycles. The quantitative estimate of drug-likeness (QED) is 0.736. The summed E-state index contributed by atoms with van der Waals surface area (Å²) in [6.07, 6.45) is 3.09. The van der Waals surface area contributed by atoms with Crippen LogP contribution in [0.2, 0.25) is 0 Å². The van der Waals surface area contributed by atoms with E-state index in [9.17, 15) is 14.7 Å². The average Bonchev–Trinajstić information content (AvgIpc) is 2.90. The minimum Gasteiger partial charge on any atom is -0.479 e. The fourth-order valence-corrected chi connectivity index (χ4v) is 1.92. The maximum Gasteiger partial charge on any atom is 0.330 e. The summed E-state index contributed by atoms with van der Waals surface area (Å²) < 4.78 is 1.52. The summed E-state index contributed by atoms with van der Waals surface area (Å²) in [4.78, 5) is 23.4. The average molecular weight is 288 g/mol. The molecule has 1 unspecified atom stereocenters. The Labute approximate surface area is 121 Å². The second kappa shape index (κ2) is 6.19. The molecule has 0 aliphatic carbocycles. The first-order valence-corrected chi connectivity index (χ1v) is 6.31. The highest BCUT2D eigenvalue weighted by molar-refractivity contribution is 5.88. The highest BCUT2D eigenvalue weighted by atomic mass is 16.4. The Morgan fingerprint density at radius 1 is 1.29 bits per heavy atom. The van der Waals surface area contributed by atoms with Gasteiger partial charge in [0.25, 0.3) is 0 Å². The number of aryl methyl sites for hydroxylation is 1. The Hall–Kier alpha value is -2.67. The van der Waals surface area contributed by atoms with Crippen molar-refractivity contribution in [3.63, 3.8) is 0 Å². The molecule has 21 heavy (non-hydrogen) atoms. The number of hydrogen-bond acceptors (Lipinski definition) is 4. The van der Waals surface area contributed by atoms with E-state index in [2.05, 4.69) is 10.4 Å². The van der Waals surface area contributed by atoms with Gasteiger partial charge in [0.05, 0.1) is 6.20 Å². The molecule has 2 aromatic rings. The monoisotopic (exact) mass is 288 g/mol. The van der Waals surface area contributed by atoms with Crippen molar-refractivity contribution < 1.29 is 14.7 Å². The maximum absolute atomic E-state index is 12.1. The number of carboxylic acids is 1. The molecule has 4 N–H and O–H groups in total. The van der Waals surface area contributed by atoms with Crippen molar-refractivity contribution in [1.29, 1.82) is 0 Å². The molecule has 0 bridgehead atoms. The predicted molar refractivity (Wildman–Crippen MR) is 75.1 cm³/mol. The van der Waals surface area contributed by atoms with Crippen molar-refractivity contribution in [2.75, 3.05) is 0 Å². The van der Waals surface area contributed by atoms with E-state index in [1.54, 1.807) is 43.6 Å². The van der Waals surface area contributed by atoms with Gasteiger partial charge in [0.2, 0.25) is 5.91 Å². The number of carbonyl (C=O) groups is 2. The summed E-state index contributed by atoms with van der Waals surface area (Å²) in [6.45, 7) is 0. The zero-order valence-corrected chi connectivity index (χ0v) is 11.4. The fourth-order valence-electron chi connectivity index (χ4n) is 1.92. The van der Waals surface area contributed by atoms with E-state index in [-0.39, 0.29) is 0 Å². The van der Waals surface area contributed by atoms with E-state index in [1.807, 2.05) is 0 Å². The number of nitrogens with zero attached hydrogens (tertiary/aromatic N) is 2. The van der Waals surface area contributed by atoms with Crippen LogP contribution in [0.3, 0.4) is 0 Å². The Kier molecular flexibility index (Phi) is 4.34.